The van der Waals surface area contributed by atoms with Crippen LogP contribution in [0.15, 0.2) is 24.3 Å². The molecule has 0 bridgehead atoms. The standard InChI is InChI=1S/C15H22N2O/c1-11(2)13-5-3-12(4-6-13)7-10-17-14(18)15(16)8-9-15/h3-6,11H,7-10,16H2,1-2H3,(H,17,18). The second kappa shape index (κ2) is 5.11. The van der Waals surface area contributed by atoms with E-state index in [-0.39, 0.29) is 5.91 Å². The molecule has 3 heteroatoms. The monoisotopic (exact) mass is 246 g/mol. The molecule has 3 N–H and O–H groups in total. The van der Waals surface area contributed by atoms with Gasteiger partial charge in [-0.05, 0) is 36.3 Å². The Labute approximate surface area is 109 Å². The number of nitrogens with one attached hydrogen (secondary N) is 1. The topological polar surface area (TPSA) is 55.1 Å². The number of hydrogen-bond donors (Lipinski definition) is 2. The van der Waals surface area contributed by atoms with Crippen molar-refractivity contribution in [3.8, 4) is 0 Å². The van der Waals surface area contributed by atoms with Crippen LogP contribution in [-0.4, -0.2) is 18.0 Å². The van der Waals surface area contributed by atoms with Crippen molar-refractivity contribution in [1.29, 1.82) is 0 Å². The number of amides is 1. The summed E-state index contributed by atoms with van der Waals surface area (Å²) in [6, 6.07) is 8.59. The largest absolute Gasteiger partial charge is 0.354 e. The van der Waals surface area contributed by atoms with Crippen LogP contribution in [0, 0.1) is 0 Å². The van der Waals surface area contributed by atoms with Gasteiger partial charge in [0.2, 0.25) is 5.91 Å². The molecular weight excluding hydrogens is 224 g/mol. The summed E-state index contributed by atoms with van der Waals surface area (Å²) in [6.07, 6.45) is 2.50. The highest BCUT2D eigenvalue weighted by Gasteiger charge is 2.45. The van der Waals surface area contributed by atoms with Gasteiger partial charge in [-0.25, -0.2) is 0 Å². The van der Waals surface area contributed by atoms with Crippen molar-refractivity contribution < 1.29 is 4.79 Å². The molecule has 1 aromatic carbocycles. The highest BCUT2D eigenvalue weighted by Crippen LogP contribution is 2.31. The number of rotatable bonds is 5. The number of carbonyl (C=O) groups excluding carboxylic acids is 1. The summed E-state index contributed by atoms with van der Waals surface area (Å²) in [5.41, 5.74) is 7.86. The van der Waals surface area contributed by atoms with Gasteiger partial charge in [0.25, 0.3) is 0 Å². The van der Waals surface area contributed by atoms with Gasteiger partial charge < -0.3 is 11.1 Å². The number of carbonyl (C=O) groups is 1. The quantitative estimate of drug-likeness (QED) is 0.834. The molecule has 1 fully saturated rings. The first kappa shape index (κ1) is 13.1. The fourth-order valence-corrected chi connectivity index (χ4v) is 1.93. The van der Waals surface area contributed by atoms with Crippen LogP contribution in [0.1, 0.15) is 43.7 Å². The fraction of sp³-hybridized carbons (Fsp3) is 0.533. The molecule has 0 aliphatic heterocycles. The molecule has 0 spiro atoms. The van der Waals surface area contributed by atoms with Crippen molar-refractivity contribution in [2.75, 3.05) is 6.54 Å². The zero-order valence-electron chi connectivity index (χ0n) is 11.2. The SMILES string of the molecule is CC(C)c1ccc(CCNC(=O)C2(N)CC2)cc1. The van der Waals surface area contributed by atoms with Gasteiger partial charge in [-0.2, -0.15) is 0 Å². The molecule has 1 saturated carbocycles. The summed E-state index contributed by atoms with van der Waals surface area (Å²) in [7, 11) is 0. The molecule has 0 saturated heterocycles. The van der Waals surface area contributed by atoms with Crippen LogP contribution in [0.4, 0.5) is 0 Å². The van der Waals surface area contributed by atoms with Crippen LogP contribution in [0.25, 0.3) is 0 Å². The molecule has 1 aliphatic rings. The lowest BCUT2D eigenvalue weighted by atomic mass is 10.0. The molecule has 3 nitrogen and oxygen atoms in total. The maximum atomic E-state index is 11.6. The molecule has 0 aromatic heterocycles. The van der Waals surface area contributed by atoms with E-state index in [0.29, 0.717) is 12.5 Å². The van der Waals surface area contributed by atoms with Crippen molar-refractivity contribution >= 4 is 5.91 Å². The summed E-state index contributed by atoms with van der Waals surface area (Å²) >= 11 is 0. The van der Waals surface area contributed by atoms with Crippen LogP contribution in [0.3, 0.4) is 0 Å². The van der Waals surface area contributed by atoms with E-state index in [4.69, 9.17) is 5.73 Å². The minimum atomic E-state index is -0.554. The lowest BCUT2D eigenvalue weighted by Gasteiger charge is -2.10. The zero-order chi connectivity index (χ0) is 13.2. The van der Waals surface area contributed by atoms with Gasteiger partial charge in [0, 0.05) is 6.54 Å². The molecule has 0 unspecified atom stereocenters. The Balaban J connectivity index is 1.78. The Morgan fingerprint density at radius 1 is 1.33 bits per heavy atom. The highest BCUT2D eigenvalue weighted by atomic mass is 16.2. The number of benzene rings is 1. The van der Waals surface area contributed by atoms with E-state index in [0.717, 1.165) is 19.3 Å². The first-order chi connectivity index (χ1) is 8.51. The minimum Gasteiger partial charge on any atom is -0.354 e. The van der Waals surface area contributed by atoms with Crippen molar-refractivity contribution in [3.63, 3.8) is 0 Å². The third kappa shape index (κ3) is 3.10. The van der Waals surface area contributed by atoms with Crippen LogP contribution >= 0.6 is 0 Å². The Hall–Kier alpha value is -1.35. The summed E-state index contributed by atoms with van der Waals surface area (Å²) in [6.45, 7) is 5.04. The van der Waals surface area contributed by atoms with E-state index in [1.165, 1.54) is 11.1 Å². The summed E-state index contributed by atoms with van der Waals surface area (Å²) in [5, 5.41) is 2.91. The van der Waals surface area contributed by atoms with Crippen molar-refractivity contribution in [1.82, 2.24) is 5.32 Å². The third-order valence-corrected chi connectivity index (χ3v) is 3.59. The van der Waals surface area contributed by atoms with Crippen molar-refractivity contribution in [2.45, 2.75) is 44.6 Å². The van der Waals surface area contributed by atoms with Gasteiger partial charge in [0.05, 0.1) is 5.54 Å². The molecule has 1 amide bonds. The maximum absolute atomic E-state index is 11.6. The van der Waals surface area contributed by atoms with Crippen molar-refractivity contribution in [2.24, 2.45) is 5.73 Å². The van der Waals surface area contributed by atoms with E-state index in [1.807, 2.05) is 0 Å². The van der Waals surface area contributed by atoms with E-state index in [9.17, 15) is 4.79 Å². The van der Waals surface area contributed by atoms with E-state index in [1.54, 1.807) is 0 Å². The molecule has 0 radical (unpaired) electrons. The van der Waals surface area contributed by atoms with Crippen LogP contribution < -0.4 is 11.1 Å². The maximum Gasteiger partial charge on any atom is 0.240 e. The van der Waals surface area contributed by atoms with Gasteiger partial charge in [-0.3, -0.25) is 4.79 Å². The molecular formula is C15H22N2O. The van der Waals surface area contributed by atoms with Crippen LogP contribution in [0.2, 0.25) is 0 Å². The molecule has 1 aromatic rings. The van der Waals surface area contributed by atoms with Gasteiger partial charge in [-0.1, -0.05) is 38.1 Å². The van der Waals surface area contributed by atoms with E-state index in [2.05, 4.69) is 43.4 Å². The average Bonchev–Trinajstić information content (AvgIpc) is 3.09. The Bertz CT molecular complexity index is 419. The lowest BCUT2D eigenvalue weighted by Crippen LogP contribution is -2.43. The van der Waals surface area contributed by atoms with E-state index < -0.39 is 5.54 Å². The van der Waals surface area contributed by atoms with E-state index >= 15 is 0 Å². The Kier molecular flexibility index (Phi) is 3.71. The lowest BCUT2D eigenvalue weighted by molar-refractivity contribution is -0.123. The number of hydrogen-bond acceptors (Lipinski definition) is 2. The minimum absolute atomic E-state index is 0.00120. The predicted octanol–water partition coefficient (Wildman–Crippen LogP) is 1.96. The summed E-state index contributed by atoms with van der Waals surface area (Å²) in [5.74, 6) is 0.562. The first-order valence-electron chi connectivity index (χ1n) is 6.67. The van der Waals surface area contributed by atoms with Gasteiger partial charge in [0.1, 0.15) is 0 Å². The average molecular weight is 246 g/mol. The molecule has 18 heavy (non-hydrogen) atoms. The van der Waals surface area contributed by atoms with Crippen LogP contribution in [-0.2, 0) is 11.2 Å². The van der Waals surface area contributed by atoms with Gasteiger partial charge in [0.15, 0.2) is 0 Å². The smallest absolute Gasteiger partial charge is 0.240 e. The summed E-state index contributed by atoms with van der Waals surface area (Å²) < 4.78 is 0. The third-order valence-electron chi connectivity index (χ3n) is 3.59. The normalized spacial score (nSPS) is 16.7. The predicted molar refractivity (Wildman–Crippen MR) is 73.4 cm³/mol. The van der Waals surface area contributed by atoms with Crippen LogP contribution in [0.5, 0.6) is 0 Å². The molecule has 98 valence electrons. The Morgan fingerprint density at radius 2 is 1.94 bits per heavy atom. The summed E-state index contributed by atoms with van der Waals surface area (Å²) in [4.78, 5) is 11.6. The Morgan fingerprint density at radius 3 is 2.44 bits per heavy atom. The fourth-order valence-electron chi connectivity index (χ4n) is 1.93. The second-order valence-electron chi connectivity index (χ2n) is 5.56. The van der Waals surface area contributed by atoms with Gasteiger partial charge in [-0.15, -0.1) is 0 Å². The molecule has 1 aliphatic carbocycles. The van der Waals surface area contributed by atoms with Gasteiger partial charge >= 0.3 is 0 Å². The molecule has 2 rings (SSSR count). The second-order valence-corrected chi connectivity index (χ2v) is 5.56. The van der Waals surface area contributed by atoms with Crippen molar-refractivity contribution in [3.05, 3.63) is 35.4 Å². The number of nitrogens with two attached hydrogens (primary N) is 1. The highest BCUT2D eigenvalue weighted by molar-refractivity contribution is 5.88. The molecule has 0 atom stereocenters. The molecule has 0 heterocycles. The zero-order valence-corrected chi connectivity index (χ0v) is 11.2. The first-order valence-corrected chi connectivity index (χ1v) is 6.67.